The Morgan fingerprint density at radius 3 is 2.55 bits per heavy atom. The summed E-state index contributed by atoms with van der Waals surface area (Å²) in [6, 6.07) is 18.8. The lowest BCUT2D eigenvalue weighted by molar-refractivity contribution is 0.0944. The van der Waals surface area contributed by atoms with Crippen LogP contribution in [0.3, 0.4) is 0 Å². The van der Waals surface area contributed by atoms with Gasteiger partial charge >= 0.3 is 0 Å². The van der Waals surface area contributed by atoms with E-state index in [-0.39, 0.29) is 24.1 Å². The third-order valence-corrected chi connectivity index (χ3v) is 5.49. The van der Waals surface area contributed by atoms with E-state index < -0.39 is 11.7 Å². The Morgan fingerprint density at radius 2 is 1.84 bits per heavy atom. The molecular formula is C25H23FN2O3. The minimum Gasteiger partial charge on any atom is -0.497 e. The molecule has 0 saturated carbocycles. The van der Waals surface area contributed by atoms with Gasteiger partial charge in [0.25, 0.3) is 11.8 Å². The van der Waals surface area contributed by atoms with Crippen LogP contribution in [0.2, 0.25) is 0 Å². The molecule has 0 spiro atoms. The summed E-state index contributed by atoms with van der Waals surface area (Å²) in [6.45, 7) is 2.25. The second-order valence-electron chi connectivity index (χ2n) is 7.58. The smallest absolute Gasteiger partial charge is 0.258 e. The van der Waals surface area contributed by atoms with Gasteiger partial charge in [-0.1, -0.05) is 24.3 Å². The Labute approximate surface area is 180 Å². The van der Waals surface area contributed by atoms with Crippen LogP contribution in [0.4, 0.5) is 10.1 Å². The molecule has 0 bridgehead atoms. The number of hydrogen-bond donors (Lipinski definition) is 1. The van der Waals surface area contributed by atoms with Crippen LogP contribution in [-0.2, 0) is 13.0 Å². The zero-order chi connectivity index (χ0) is 22.0. The number of rotatable bonds is 5. The third kappa shape index (κ3) is 4.14. The monoisotopic (exact) mass is 418 g/mol. The van der Waals surface area contributed by atoms with Crippen LogP contribution in [0, 0.1) is 5.82 Å². The minimum atomic E-state index is -0.556. The molecule has 31 heavy (non-hydrogen) atoms. The first-order valence-electron chi connectivity index (χ1n) is 10.1. The van der Waals surface area contributed by atoms with Crippen molar-refractivity contribution in [2.45, 2.75) is 25.9 Å². The van der Waals surface area contributed by atoms with Crippen molar-refractivity contribution in [3.63, 3.8) is 0 Å². The van der Waals surface area contributed by atoms with Gasteiger partial charge in [-0.3, -0.25) is 9.59 Å². The second kappa shape index (κ2) is 8.60. The molecule has 0 unspecified atom stereocenters. The van der Waals surface area contributed by atoms with E-state index in [1.807, 2.05) is 25.1 Å². The quantitative estimate of drug-likeness (QED) is 0.670. The van der Waals surface area contributed by atoms with Crippen LogP contribution in [0.25, 0.3) is 0 Å². The van der Waals surface area contributed by atoms with Gasteiger partial charge in [-0.15, -0.1) is 0 Å². The topological polar surface area (TPSA) is 58.6 Å². The van der Waals surface area contributed by atoms with E-state index in [1.54, 1.807) is 48.4 Å². The average Bonchev–Trinajstić information content (AvgIpc) is 3.12. The number of nitrogens with zero attached hydrogens (tertiary/aromatic N) is 1. The van der Waals surface area contributed by atoms with Crippen molar-refractivity contribution >= 4 is 17.5 Å². The molecule has 1 atom stereocenters. The molecule has 1 N–H and O–H groups in total. The van der Waals surface area contributed by atoms with Crippen LogP contribution in [0.1, 0.15) is 38.8 Å². The number of carbonyl (C=O) groups is 2. The average molecular weight is 418 g/mol. The fraction of sp³-hybridized carbons (Fsp3) is 0.200. The first-order chi connectivity index (χ1) is 15.0. The molecule has 158 valence electrons. The van der Waals surface area contributed by atoms with Crippen molar-refractivity contribution in [1.82, 2.24) is 5.32 Å². The Bertz CT molecular complexity index is 1130. The molecule has 2 amide bonds. The molecule has 0 radical (unpaired) electrons. The largest absolute Gasteiger partial charge is 0.497 e. The van der Waals surface area contributed by atoms with Gasteiger partial charge in [-0.2, -0.15) is 0 Å². The molecule has 0 aliphatic carbocycles. The van der Waals surface area contributed by atoms with E-state index in [0.717, 1.165) is 23.2 Å². The number of halogens is 1. The molecule has 3 aromatic rings. The van der Waals surface area contributed by atoms with Crippen LogP contribution < -0.4 is 15.0 Å². The van der Waals surface area contributed by atoms with Crippen LogP contribution in [0.5, 0.6) is 5.75 Å². The standard InChI is InChI=1S/C25H23FN2O3/c1-16-13-19-8-7-17(15-27-24(29)21-5-3-4-6-22(21)26)14-23(19)28(16)25(30)18-9-11-20(31-2)12-10-18/h3-12,14,16H,13,15H2,1-2H3,(H,27,29)/t16-/m1/s1. The van der Waals surface area contributed by atoms with E-state index in [9.17, 15) is 14.0 Å². The normalized spacial score (nSPS) is 14.8. The van der Waals surface area contributed by atoms with Crippen molar-refractivity contribution in [3.05, 3.63) is 94.8 Å². The summed E-state index contributed by atoms with van der Waals surface area (Å²) in [7, 11) is 1.59. The summed E-state index contributed by atoms with van der Waals surface area (Å²) in [5.41, 5.74) is 3.35. The maximum absolute atomic E-state index is 13.8. The number of methoxy groups -OCH3 is 1. The molecule has 0 saturated heterocycles. The Morgan fingerprint density at radius 1 is 1.10 bits per heavy atom. The number of hydrogen-bond acceptors (Lipinski definition) is 3. The number of carbonyl (C=O) groups excluding carboxylic acids is 2. The van der Waals surface area contributed by atoms with Gasteiger partial charge in [0.1, 0.15) is 11.6 Å². The molecule has 3 aromatic carbocycles. The molecular weight excluding hydrogens is 395 g/mol. The number of anilines is 1. The molecule has 1 heterocycles. The summed E-state index contributed by atoms with van der Waals surface area (Å²) in [6.07, 6.45) is 0.763. The van der Waals surface area contributed by atoms with E-state index in [0.29, 0.717) is 11.3 Å². The lowest BCUT2D eigenvalue weighted by Crippen LogP contribution is -2.35. The number of nitrogens with one attached hydrogen (secondary N) is 1. The summed E-state index contributed by atoms with van der Waals surface area (Å²) < 4.78 is 19.0. The highest BCUT2D eigenvalue weighted by molar-refractivity contribution is 6.07. The van der Waals surface area contributed by atoms with E-state index in [1.165, 1.54) is 12.1 Å². The summed E-state index contributed by atoms with van der Waals surface area (Å²) >= 11 is 0. The van der Waals surface area contributed by atoms with Crippen LogP contribution >= 0.6 is 0 Å². The van der Waals surface area contributed by atoms with Gasteiger partial charge in [0.15, 0.2) is 0 Å². The van der Waals surface area contributed by atoms with Gasteiger partial charge in [-0.05, 0) is 66.9 Å². The molecule has 1 aliphatic heterocycles. The lowest BCUT2D eigenvalue weighted by atomic mass is 10.1. The number of fused-ring (bicyclic) bond motifs is 1. The van der Waals surface area contributed by atoms with Crippen molar-refractivity contribution in [3.8, 4) is 5.75 Å². The Kier molecular flexibility index (Phi) is 5.71. The summed E-state index contributed by atoms with van der Waals surface area (Å²) in [4.78, 5) is 27.3. The van der Waals surface area contributed by atoms with Gasteiger partial charge in [0.05, 0.1) is 12.7 Å². The fourth-order valence-electron chi connectivity index (χ4n) is 3.87. The third-order valence-electron chi connectivity index (χ3n) is 5.49. The van der Waals surface area contributed by atoms with Crippen molar-refractivity contribution in [1.29, 1.82) is 0 Å². The van der Waals surface area contributed by atoms with Gasteiger partial charge in [-0.25, -0.2) is 4.39 Å². The van der Waals surface area contributed by atoms with Crippen LogP contribution in [0.15, 0.2) is 66.7 Å². The fourth-order valence-corrected chi connectivity index (χ4v) is 3.87. The van der Waals surface area contributed by atoms with Crippen molar-refractivity contribution in [2.24, 2.45) is 0 Å². The zero-order valence-electron chi connectivity index (χ0n) is 17.4. The molecule has 5 nitrogen and oxygen atoms in total. The molecule has 6 heteroatoms. The molecule has 4 rings (SSSR count). The number of amides is 2. The highest BCUT2D eigenvalue weighted by Gasteiger charge is 2.31. The minimum absolute atomic E-state index is 0.00796. The van der Waals surface area contributed by atoms with Crippen molar-refractivity contribution < 1.29 is 18.7 Å². The highest BCUT2D eigenvalue weighted by atomic mass is 19.1. The highest BCUT2D eigenvalue weighted by Crippen LogP contribution is 2.34. The lowest BCUT2D eigenvalue weighted by Gasteiger charge is -2.23. The predicted molar refractivity (Wildman–Crippen MR) is 117 cm³/mol. The first kappa shape index (κ1) is 20.6. The van der Waals surface area contributed by atoms with Gasteiger partial charge < -0.3 is 15.0 Å². The van der Waals surface area contributed by atoms with E-state index in [2.05, 4.69) is 5.32 Å². The Balaban J connectivity index is 1.53. The van der Waals surface area contributed by atoms with E-state index in [4.69, 9.17) is 4.74 Å². The first-order valence-corrected chi connectivity index (χ1v) is 10.1. The second-order valence-corrected chi connectivity index (χ2v) is 7.58. The molecule has 0 aromatic heterocycles. The summed E-state index contributed by atoms with van der Waals surface area (Å²) in [5.74, 6) is -0.419. The zero-order valence-corrected chi connectivity index (χ0v) is 17.4. The van der Waals surface area contributed by atoms with Crippen LogP contribution in [-0.4, -0.2) is 25.0 Å². The Hall–Kier alpha value is -3.67. The van der Waals surface area contributed by atoms with Gasteiger partial charge in [0, 0.05) is 23.8 Å². The maximum atomic E-state index is 13.8. The maximum Gasteiger partial charge on any atom is 0.258 e. The SMILES string of the molecule is COc1ccc(C(=O)N2c3cc(CNC(=O)c4ccccc4F)ccc3C[C@H]2C)cc1. The molecule has 0 fully saturated rings. The predicted octanol–water partition coefficient (Wildman–Crippen LogP) is 4.36. The van der Waals surface area contributed by atoms with E-state index >= 15 is 0 Å². The molecule has 1 aliphatic rings. The van der Waals surface area contributed by atoms with Gasteiger partial charge in [0.2, 0.25) is 0 Å². The van der Waals surface area contributed by atoms with Crippen molar-refractivity contribution in [2.75, 3.05) is 12.0 Å². The number of ether oxygens (including phenoxy) is 1. The summed E-state index contributed by atoms with van der Waals surface area (Å²) in [5, 5.41) is 2.75. The number of benzene rings is 3.